The van der Waals surface area contributed by atoms with Crippen molar-refractivity contribution in [3.8, 4) is 0 Å². The number of nitrogens with two attached hydrogens (primary N) is 1. The Balaban J connectivity index is 2.51. The Morgan fingerprint density at radius 3 is 2.74 bits per heavy atom. The quantitative estimate of drug-likeness (QED) is 0.493. The molecule has 7 heteroatoms. The largest absolute Gasteiger partial charge is 0.462 e. The first-order valence-electron chi connectivity index (χ1n) is 5.79. The number of nitrogen functional groups attached to an aromatic ring is 1. The maximum Gasteiger partial charge on any atom is 0.340 e. The molecular weight excluding hydrogens is 290 g/mol. The van der Waals surface area contributed by atoms with Crippen molar-refractivity contribution in [2.45, 2.75) is 13.3 Å². The number of anilines is 1. The van der Waals surface area contributed by atoms with Crippen LogP contribution in [-0.4, -0.2) is 32.5 Å². The minimum Gasteiger partial charge on any atom is -0.462 e. The van der Waals surface area contributed by atoms with Crippen LogP contribution in [0, 0.1) is 0 Å². The Morgan fingerprint density at radius 1 is 1.42 bits per heavy atom. The van der Waals surface area contributed by atoms with E-state index in [9.17, 15) is 13.2 Å². The number of benzene rings is 1. The van der Waals surface area contributed by atoms with E-state index < -0.39 is 15.8 Å². The molecule has 1 rings (SSSR count). The van der Waals surface area contributed by atoms with Gasteiger partial charge in [-0.2, -0.15) is 0 Å². The molecule has 0 saturated carbocycles. The molecule has 5 nitrogen and oxygen atoms in total. The van der Waals surface area contributed by atoms with Gasteiger partial charge in [-0.1, -0.05) is 24.6 Å². The first kappa shape index (κ1) is 15.8. The molecule has 0 bridgehead atoms. The van der Waals surface area contributed by atoms with Crippen LogP contribution in [0.5, 0.6) is 0 Å². The molecule has 1 aromatic carbocycles. The molecule has 19 heavy (non-hydrogen) atoms. The fourth-order valence-corrected chi connectivity index (χ4v) is 2.40. The Hall–Kier alpha value is -1.27. The van der Waals surface area contributed by atoms with Crippen LogP contribution in [0.2, 0.25) is 5.02 Å². The van der Waals surface area contributed by atoms with Gasteiger partial charge in [0.2, 0.25) is 0 Å². The summed E-state index contributed by atoms with van der Waals surface area (Å²) in [4.78, 5) is 11.7. The first-order chi connectivity index (χ1) is 8.87. The average Bonchev–Trinajstić information content (AvgIpc) is 2.37. The first-order valence-corrected chi connectivity index (χ1v) is 7.99. The van der Waals surface area contributed by atoms with Crippen LogP contribution >= 0.6 is 11.6 Å². The summed E-state index contributed by atoms with van der Waals surface area (Å²) >= 11 is 5.79. The number of esters is 1. The van der Waals surface area contributed by atoms with Crippen molar-refractivity contribution in [3.63, 3.8) is 0 Å². The fraction of sp³-hybridized carbons (Fsp3) is 0.417. The van der Waals surface area contributed by atoms with E-state index in [2.05, 4.69) is 0 Å². The molecule has 106 valence electrons. The highest BCUT2D eigenvalue weighted by atomic mass is 35.5. The van der Waals surface area contributed by atoms with Gasteiger partial charge in [0.25, 0.3) is 0 Å². The number of para-hydroxylation sites is 1. The van der Waals surface area contributed by atoms with E-state index in [1.54, 1.807) is 19.1 Å². The van der Waals surface area contributed by atoms with E-state index in [4.69, 9.17) is 22.1 Å². The third-order valence-corrected chi connectivity index (χ3v) is 4.67. The van der Waals surface area contributed by atoms with Gasteiger partial charge < -0.3 is 10.5 Å². The molecule has 0 saturated heterocycles. The molecule has 0 aliphatic rings. The molecule has 0 amide bonds. The van der Waals surface area contributed by atoms with Crippen LogP contribution < -0.4 is 5.73 Å². The van der Waals surface area contributed by atoms with Gasteiger partial charge in [0.15, 0.2) is 0 Å². The zero-order chi connectivity index (χ0) is 14.5. The monoisotopic (exact) mass is 305 g/mol. The van der Waals surface area contributed by atoms with E-state index in [1.807, 2.05) is 0 Å². The summed E-state index contributed by atoms with van der Waals surface area (Å²) in [5.41, 5.74) is 6.00. The molecule has 0 aliphatic heterocycles. The summed E-state index contributed by atoms with van der Waals surface area (Å²) in [5.74, 6) is -0.516. The molecule has 0 unspecified atom stereocenters. The van der Waals surface area contributed by atoms with E-state index in [-0.39, 0.29) is 40.8 Å². The van der Waals surface area contributed by atoms with Crippen LogP contribution in [0.1, 0.15) is 23.7 Å². The standard InChI is InChI=1S/C12H16ClNO4S/c1-2-19(16,17)8-4-7-18-12(15)9-5-3-6-10(13)11(9)14/h3,5-6H,2,4,7-8,14H2,1H3. The molecule has 0 aliphatic carbocycles. The third-order valence-electron chi connectivity index (χ3n) is 2.55. The second-order valence-corrected chi connectivity index (χ2v) is 6.81. The molecule has 0 heterocycles. The van der Waals surface area contributed by atoms with Crippen LogP contribution in [0.3, 0.4) is 0 Å². The average molecular weight is 306 g/mol. The number of rotatable bonds is 6. The maximum absolute atomic E-state index is 11.7. The summed E-state index contributed by atoms with van der Waals surface area (Å²) in [5, 5.41) is 0.281. The molecular formula is C12H16ClNO4S. The SMILES string of the molecule is CCS(=O)(=O)CCCOC(=O)c1cccc(Cl)c1N. The zero-order valence-corrected chi connectivity index (χ0v) is 12.1. The summed E-state index contributed by atoms with van der Waals surface area (Å²) in [6, 6.07) is 4.67. The van der Waals surface area contributed by atoms with Gasteiger partial charge in [-0.15, -0.1) is 0 Å². The van der Waals surface area contributed by atoms with Gasteiger partial charge in [0, 0.05) is 5.75 Å². The highest BCUT2D eigenvalue weighted by Crippen LogP contribution is 2.22. The van der Waals surface area contributed by atoms with Gasteiger partial charge >= 0.3 is 5.97 Å². The van der Waals surface area contributed by atoms with Crippen LogP contribution in [0.15, 0.2) is 18.2 Å². The summed E-state index contributed by atoms with van der Waals surface area (Å²) in [6.45, 7) is 1.61. The number of halogens is 1. The Labute approximate surface area is 117 Å². The highest BCUT2D eigenvalue weighted by molar-refractivity contribution is 7.91. The number of carbonyl (C=O) groups is 1. The van der Waals surface area contributed by atoms with Crippen LogP contribution in [0.25, 0.3) is 0 Å². The van der Waals surface area contributed by atoms with Crippen molar-refractivity contribution in [1.29, 1.82) is 0 Å². The third kappa shape index (κ3) is 4.72. The predicted molar refractivity (Wildman–Crippen MR) is 75.1 cm³/mol. The molecule has 0 aromatic heterocycles. The van der Waals surface area contributed by atoms with Crippen molar-refractivity contribution in [1.82, 2.24) is 0 Å². The molecule has 0 radical (unpaired) electrons. The van der Waals surface area contributed by atoms with Crippen LogP contribution in [0.4, 0.5) is 5.69 Å². The topological polar surface area (TPSA) is 86.5 Å². The summed E-state index contributed by atoms with van der Waals surface area (Å²) in [7, 11) is -3.03. The molecule has 0 fully saturated rings. The minimum absolute atomic E-state index is 0.00179. The lowest BCUT2D eigenvalue weighted by Gasteiger charge is -2.07. The van der Waals surface area contributed by atoms with Crippen molar-refractivity contribution in [3.05, 3.63) is 28.8 Å². The van der Waals surface area contributed by atoms with Gasteiger partial charge in [-0.25, -0.2) is 13.2 Å². The number of hydrogen-bond acceptors (Lipinski definition) is 5. The smallest absolute Gasteiger partial charge is 0.340 e. The Kier molecular flexibility index (Phi) is 5.62. The summed E-state index contributed by atoms with van der Waals surface area (Å²) < 4.78 is 27.4. The second kappa shape index (κ2) is 6.77. The molecule has 0 spiro atoms. The van der Waals surface area contributed by atoms with Crippen molar-refractivity contribution < 1.29 is 17.9 Å². The lowest BCUT2D eigenvalue weighted by molar-refractivity contribution is 0.0507. The van der Waals surface area contributed by atoms with E-state index in [0.29, 0.717) is 0 Å². The van der Waals surface area contributed by atoms with E-state index in [0.717, 1.165) is 0 Å². The number of sulfone groups is 1. The highest BCUT2D eigenvalue weighted by Gasteiger charge is 2.13. The number of ether oxygens (including phenoxy) is 1. The molecule has 2 N–H and O–H groups in total. The Bertz CT molecular complexity index is 557. The van der Waals surface area contributed by atoms with E-state index in [1.165, 1.54) is 6.07 Å². The Morgan fingerprint density at radius 2 is 2.11 bits per heavy atom. The zero-order valence-electron chi connectivity index (χ0n) is 10.6. The maximum atomic E-state index is 11.7. The molecule has 0 atom stereocenters. The van der Waals surface area contributed by atoms with Crippen molar-refractivity contribution in [2.75, 3.05) is 23.8 Å². The lowest BCUT2D eigenvalue weighted by atomic mass is 10.2. The lowest BCUT2D eigenvalue weighted by Crippen LogP contribution is -2.14. The summed E-state index contributed by atoms with van der Waals surface area (Å²) in [6.07, 6.45) is 0.266. The second-order valence-electron chi connectivity index (χ2n) is 3.93. The van der Waals surface area contributed by atoms with Crippen molar-refractivity contribution in [2.24, 2.45) is 0 Å². The van der Waals surface area contributed by atoms with Crippen LogP contribution in [-0.2, 0) is 14.6 Å². The fourth-order valence-electron chi connectivity index (χ4n) is 1.38. The predicted octanol–water partition coefficient (Wildman–Crippen LogP) is 1.90. The number of hydrogen-bond donors (Lipinski definition) is 1. The molecule has 1 aromatic rings. The normalized spacial score (nSPS) is 11.3. The van der Waals surface area contributed by atoms with Gasteiger partial charge in [-0.05, 0) is 18.6 Å². The van der Waals surface area contributed by atoms with Crippen molar-refractivity contribution >= 4 is 33.1 Å². The van der Waals surface area contributed by atoms with Gasteiger partial charge in [0.1, 0.15) is 9.84 Å². The number of carbonyl (C=O) groups excluding carboxylic acids is 1. The van der Waals surface area contributed by atoms with Gasteiger partial charge in [-0.3, -0.25) is 0 Å². The van der Waals surface area contributed by atoms with Gasteiger partial charge in [0.05, 0.1) is 28.6 Å². The van der Waals surface area contributed by atoms with E-state index >= 15 is 0 Å². The minimum atomic E-state index is -3.03.